The highest BCUT2D eigenvalue weighted by Gasteiger charge is 2.06. The largest absolute Gasteiger partial charge is 0.447 e. The Labute approximate surface area is 126 Å². The van der Waals surface area contributed by atoms with Gasteiger partial charge in [0.15, 0.2) is 9.84 Å². The first-order chi connectivity index (χ1) is 9.28. The Balaban J connectivity index is 2.28. The average molecular weight is 342 g/mol. The molecule has 1 N–H and O–H groups in total. The van der Waals surface area contributed by atoms with Crippen molar-refractivity contribution < 1.29 is 22.7 Å². The Morgan fingerprint density at radius 1 is 1.25 bits per heavy atom. The molecule has 0 saturated carbocycles. The summed E-state index contributed by atoms with van der Waals surface area (Å²) in [5.41, 5.74) is 0.432. The minimum absolute atomic E-state index is 0.0120. The minimum atomic E-state index is -3.19. The third-order valence-corrected chi connectivity index (χ3v) is 3.26. The maximum atomic E-state index is 11.4. The second-order valence-corrected chi connectivity index (χ2v) is 6.74. The van der Waals surface area contributed by atoms with Gasteiger partial charge in [-0.15, -0.1) is 0 Å². The molecule has 0 saturated heterocycles. The van der Waals surface area contributed by atoms with Crippen LogP contribution in [0.15, 0.2) is 18.2 Å². The standard InChI is InChI=1S/C11H13Cl2NO5S/c1-20(16,17)7-18-4-5-19-11(15)14-8-2-3-9(12)10(13)6-8/h2-3,6H,4-5,7H2,1H3,(H,14,15). The van der Waals surface area contributed by atoms with E-state index in [0.29, 0.717) is 15.7 Å². The van der Waals surface area contributed by atoms with Crippen LogP contribution in [-0.2, 0) is 19.3 Å². The smallest absolute Gasteiger partial charge is 0.411 e. The van der Waals surface area contributed by atoms with Gasteiger partial charge in [0.2, 0.25) is 0 Å². The number of nitrogens with one attached hydrogen (secondary N) is 1. The first-order valence-electron chi connectivity index (χ1n) is 5.42. The number of ether oxygens (including phenoxy) is 2. The van der Waals surface area contributed by atoms with E-state index in [0.717, 1.165) is 6.26 Å². The van der Waals surface area contributed by atoms with Crippen LogP contribution in [0.3, 0.4) is 0 Å². The van der Waals surface area contributed by atoms with Crippen molar-refractivity contribution in [3.63, 3.8) is 0 Å². The number of benzene rings is 1. The number of carbonyl (C=O) groups is 1. The van der Waals surface area contributed by atoms with Crippen LogP contribution in [0.1, 0.15) is 0 Å². The third-order valence-electron chi connectivity index (χ3n) is 1.92. The van der Waals surface area contributed by atoms with Gasteiger partial charge in [-0.25, -0.2) is 13.2 Å². The number of hydrogen-bond acceptors (Lipinski definition) is 5. The van der Waals surface area contributed by atoms with Crippen LogP contribution in [-0.4, -0.2) is 39.9 Å². The number of amides is 1. The van der Waals surface area contributed by atoms with Crippen LogP contribution in [0.5, 0.6) is 0 Å². The summed E-state index contributed by atoms with van der Waals surface area (Å²) in [5, 5.41) is 3.12. The third kappa shape index (κ3) is 6.95. The van der Waals surface area contributed by atoms with Gasteiger partial charge in [0, 0.05) is 11.9 Å². The monoisotopic (exact) mass is 341 g/mol. The Hall–Kier alpha value is -1.02. The fraction of sp³-hybridized carbons (Fsp3) is 0.364. The summed E-state index contributed by atoms with van der Waals surface area (Å²) in [6.07, 6.45) is 0.344. The molecule has 0 bridgehead atoms. The van der Waals surface area contributed by atoms with Crippen LogP contribution in [0.25, 0.3) is 0 Å². The van der Waals surface area contributed by atoms with Crippen molar-refractivity contribution in [3.8, 4) is 0 Å². The number of rotatable bonds is 6. The van der Waals surface area contributed by atoms with Crippen molar-refractivity contribution in [2.75, 3.05) is 30.7 Å². The molecule has 0 radical (unpaired) electrons. The number of anilines is 1. The van der Waals surface area contributed by atoms with E-state index in [4.69, 9.17) is 32.7 Å². The summed E-state index contributed by atoms with van der Waals surface area (Å²) in [7, 11) is -3.19. The van der Waals surface area contributed by atoms with E-state index < -0.39 is 21.9 Å². The molecule has 112 valence electrons. The zero-order valence-electron chi connectivity index (χ0n) is 10.6. The van der Waals surface area contributed by atoms with Crippen molar-refractivity contribution in [3.05, 3.63) is 28.2 Å². The maximum Gasteiger partial charge on any atom is 0.411 e. The molecule has 6 nitrogen and oxygen atoms in total. The van der Waals surface area contributed by atoms with Gasteiger partial charge in [-0.2, -0.15) is 0 Å². The first kappa shape index (κ1) is 17.0. The summed E-state index contributed by atoms with van der Waals surface area (Å²) in [5.74, 6) is -0.412. The van der Waals surface area contributed by atoms with Gasteiger partial charge >= 0.3 is 6.09 Å². The highest BCUT2D eigenvalue weighted by molar-refractivity contribution is 7.90. The van der Waals surface area contributed by atoms with Crippen molar-refractivity contribution in [1.29, 1.82) is 0 Å². The fourth-order valence-corrected chi connectivity index (χ4v) is 1.85. The Kier molecular flexibility index (Phi) is 6.54. The van der Waals surface area contributed by atoms with Gasteiger partial charge < -0.3 is 9.47 Å². The lowest BCUT2D eigenvalue weighted by Crippen LogP contribution is -2.18. The summed E-state index contributed by atoms with van der Waals surface area (Å²) in [6.45, 7) is -0.0788. The number of halogens is 2. The number of carbonyl (C=O) groups excluding carboxylic acids is 1. The molecule has 1 aromatic rings. The highest BCUT2D eigenvalue weighted by atomic mass is 35.5. The molecule has 0 fully saturated rings. The molecule has 0 heterocycles. The van der Waals surface area contributed by atoms with Crippen LogP contribution in [0, 0.1) is 0 Å². The molecule has 9 heteroatoms. The molecule has 1 rings (SSSR count). The molecule has 0 aliphatic carbocycles. The molecular weight excluding hydrogens is 329 g/mol. The molecule has 0 spiro atoms. The van der Waals surface area contributed by atoms with E-state index in [1.807, 2.05) is 0 Å². The Bertz CT molecular complexity index is 576. The lowest BCUT2D eigenvalue weighted by atomic mass is 10.3. The zero-order chi connectivity index (χ0) is 15.2. The van der Waals surface area contributed by atoms with E-state index in [-0.39, 0.29) is 13.2 Å². The van der Waals surface area contributed by atoms with E-state index in [1.165, 1.54) is 12.1 Å². The quantitative estimate of drug-likeness (QED) is 0.804. The van der Waals surface area contributed by atoms with Gasteiger partial charge in [0.1, 0.15) is 12.5 Å². The summed E-state index contributed by atoms with van der Waals surface area (Å²) in [4.78, 5) is 11.4. The zero-order valence-corrected chi connectivity index (χ0v) is 12.9. The van der Waals surface area contributed by atoms with Crippen LogP contribution < -0.4 is 5.32 Å². The SMILES string of the molecule is CS(=O)(=O)COCCOC(=O)Nc1ccc(Cl)c(Cl)c1. The lowest BCUT2D eigenvalue weighted by Gasteiger charge is -2.08. The van der Waals surface area contributed by atoms with Gasteiger partial charge in [0.05, 0.1) is 16.7 Å². The molecular formula is C11H13Cl2NO5S. The van der Waals surface area contributed by atoms with Gasteiger partial charge in [-0.3, -0.25) is 5.32 Å². The van der Waals surface area contributed by atoms with Gasteiger partial charge in [-0.05, 0) is 18.2 Å². The summed E-state index contributed by atoms with van der Waals surface area (Å²) < 4.78 is 31.1. The molecule has 20 heavy (non-hydrogen) atoms. The van der Waals surface area contributed by atoms with E-state index in [2.05, 4.69) is 5.32 Å². The maximum absolute atomic E-state index is 11.4. The van der Waals surface area contributed by atoms with Crippen molar-refractivity contribution >= 4 is 44.8 Å². The van der Waals surface area contributed by atoms with Crippen LogP contribution in [0.2, 0.25) is 10.0 Å². The minimum Gasteiger partial charge on any atom is -0.447 e. The summed E-state index contributed by atoms with van der Waals surface area (Å²) >= 11 is 11.5. The van der Waals surface area contributed by atoms with Crippen molar-refractivity contribution in [2.24, 2.45) is 0 Å². The molecule has 0 aromatic heterocycles. The highest BCUT2D eigenvalue weighted by Crippen LogP contribution is 2.24. The number of hydrogen-bond donors (Lipinski definition) is 1. The van der Waals surface area contributed by atoms with Crippen molar-refractivity contribution in [2.45, 2.75) is 0 Å². The fourth-order valence-electron chi connectivity index (χ4n) is 1.13. The van der Waals surface area contributed by atoms with E-state index in [9.17, 15) is 13.2 Å². The normalized spacial score (nSPS) is 11.2. The first-order valence-corrected chi connectivity index (χ1v) is 8.24. The molecule has 0 atom stereocenters. The Morgan fingerprint density at radius 3 is 2.55 bits per heavy atom. The predicted molar refractivity (Wildman–Crippen MR) is 77.1 cm³/mol. The number of sulfone groups is 1. The predicted octanol–water partition coefficient (Wildman–Crippen LogP) is 2.56. The summed E-state index contributed by atoms with van der Waals surface area (Å²) in [6, 6.07) is 4.58. The van der Waals surface area contributed by atoms with Gasteiger partial charge in [-0.1, -0.05) is 23.2 Å². The second kappa shape index (κ2) is 7.68. The van der Waals surface area contributed by atoms with Crippen LogP contribution in [0.4, 0.5) is 10.5 Å². The lowest BCUT2D eigenvalue weighted by molar-refractivity contribution is 0.0991. The molecule has 0 aliphatic heterocycles. The van der Waals surface area contributed by atoms with Gasteiger partial charge in [0.25, 0.3) is 0 Å². The second-order valence-electron chi connectivity index (χ2n) is 3.84. The molecule has 1 aromatic carbocycles. The van der Waals surface area contributed by atoms with E-state index in [1.54, 1.807) is 6.07 Å². The van der Waals surface area contributed by atoms with Crippen molar-refractivity contribution in [1.82, 2.24) is 0 Å². The topological polar surface area (TPSA) is 81.7 Å². The molecule has 1 amide bonds. The molecule has 0 aliphatic rings. The van der Waals surface area contributed by atoms with Crippen LogP contribution >= 0.6 is 23.2 Å². The Morgan fingerprint density at radius 2 is 1.95 bits per heavy atom. The van der Waals surface area contributed by atoms with E-state index >= 15 is 0 Å². The average Bonchev–Trinajstić information content (AvgIpc) is 2.32. The molecule has 0 unspecified atom stereocenters.